The van der Waals surface area contributed by atoms with Crippen LogP contribution in [0.3, 0.4) is 0 Å². The topological polar surface area (TPSA) is 18.5 Å². The van der Waals surface area contributed by atoms with E-state index < -0.39 is 0 Å². The molecular formula is C12H20O2. The highest BCUT2D eigenvalue weighted by molar-refractivity contribution is 5.09. The molecule has 1 fully saturated rings. The van der Waals surface area contributed by atoms with Gasteiger partial charge in [-0.1, -0.05) is 12.2 Å². The molecule has 2 bridgehead atoms. The fourth-order valence-electron chi connectivity index (χ4n) is 3.09. The molecule has 0 radical (unpaired) electrons. The number of hydrogen-bond donors (Lipinski definition) is 0. The molecule has 3 aliphatic rings. The summed E-state index contributed by atoms with van der Waals surface area (Å²) in [7, 11) is 3.60. The summed E-state index contributed by atoms with van der Waals surface area (Å²) in [6.07, 6.45) is 7.47. The first-order valence-corrected chi connectivity index (χ1v) is 5.53. The maximum absolute atomic E-state index is 5.32. The zero-order valence-electron chi connectivity index (χ0n) is 9.11. The molecule has 1 saturated carbocycles. The molecule has 14 heavy (non-hydrogen) atoms. The molecule has 4 unspecified atom stereocenters. The second-order valence-electron chi connectivity index (χ2n) is 4.53. The van der Waals surface area contributed by atoms with Crippen molar-refractivity contribution in [3.8, 4) is 0 Å². The quantitative estimate of drug-likeness (QED) is 0.641. The molecule has 2 heteroatoms. The van der Waals surface area contributed by atoms with E-state index in [1.54, 1.807) is 14.2 Å². The first-order chi connectivity index (χ1) is 6.86. The van der Waals surface area contributed by atoms with E-state index in [-0.39, 0.29) is 0 Å². The lowest BCUT2D eigenvalue weighted by atomic mass is 9.63. The van der Waals surface area contributed by atoms with Crippen LogP contribution in [0.15, 0.2) is 12.2 Å². The van der Waals surface area contributed by atoms with Gasteiger partial charge in [-0.2, -0.15) is 0 Å². The van der Waals surface area contributed by atoms with Gasteiger partial charge in [-0.3, -0.25) is 0 Å². The van der Waals surface area contributed by atoms with E-state index in [0.717, 1.165) is 25.0 Å². The van der Waals surface area contributed by atoms with Crippen molar-refractivity contribution in [1.29, 1.82) is 0 Å². The summed E-state index contributed by atoms with van der Waals surface area (Å²) in [5.41, 5.74) is 0. The molecule has 0 aromatic carbocycles. The maximum Gasteiger partial charge on any atom is 0.0499 e. The average molecular weight is 196 g/mol. The second-order valence-corrected chi connectivity index (χ2v) is 4.53. The summed E-state index contributed by atoms with van der Waals surface area (Å²) < 4.78 is 10.6. The van der Waals surface area contributed by atoms with Crippen LogP contribution < -0.4 is 0 Å². The van der Waals surface area contributed by atoms with Crippen LogP contribution in [0.5, 0.6) is 0 Å². The highest BCUT2D eigenvalue weighted by Crippen LogP contribution is 2.44. The van der Waals surface area contributed by atoms with E-state index in [1.807, 2.05) is 0 Å². The number of methoxy groups -OCH3 is 2. The molecule has 0 spiro atoms. The Kier molecular flexibility index (Phi) is 3.24. The number of rotatable bonds is 4. The van der Waals surface area contributed by atoms with E-state index in [2.05, 4.69) is 12.2 Å². The Hall–Kier alpha value is -0.340. The first kappa shape index (κ1) is 10.2. The molecule has 4 atom stereocenters. The first-order valence-electron chi connectivity index (χ1n) is 5.53. The van der Waals surface area contributed by atoms with Gasteiger partial charge in [-0.25, -0.2) is 0 Å². The van der Waals surface area contributed by atoms with E-state index in [4.69, 9.17) is 9.47 Å². The summed E-state index contributed by atoms with van der Waals surface area (Å²) in [6.45, 7) is 1.78. The Morgan fingerprint density at radius 3 is 1.64 bits per heavy atom. The Morgan fingerprint density at radius 1 is 0.929 bits per heavy atom. The van der Waals surface area contributed by atoms with Gasteiger partial charge in [0.1, 0.15) is 0 Å². The van der Waals surface area contributed by atoms with Crippen molar-refractivity contribution in [3.05, 3.63) is 12.2 Å². The van der Waals surface area contributed by atoms with Crippen molar-refractivity contribution in [2.45, 2.75) is 12.8 Å². The predicted molar refractivity (Wildman–Crippen MR) is 56.1 cm³/mol. The zero-order valence-corrected chi connectivity index (χ0v) is 9.11. The van der Waals surface area contributed by atoms with Crippen LogP contribution >= 0.6 is 0 Å². The largest absolute Gasteiger partial charge is 0.384 e. The van der Waals surface area contributed by atoms with Crippen LogP contribution in [0.1, 0.15) is 12.8 Å². The number of ether oxygens (including phenoxy) is 2. The highest BCUT2D eigenvalue weighted by atomic mass is 16.5. The Labute approximate surface area is 86.3 Å². The lowest BCUT2D eigenvalue weighted by Crippen LogP contribution is -2.41. The molecule has 2 nitrogen and oxygen atoms in total. The molecule has 0 heterocycles. The van der Waals surface area contributed by atoms with Gasteiger partial charge in [0.15, 0.2) is 0 Å². The van der Waals surface area contributed by atoms with Crippen LogP contribution in [0.4, 0.5) is 0 Å². The van der Waals surface area contributed by atoms with Crippen LogP contribution in [-0.2, 0) is 9.47 Å². The van der Waals surface area contributed by atoms with Crippen LogP contribution in [0.25, 0.3) is 0 Å². The SMILES string of the molecule is COCC1C2C=CC(CC2)C1COC. The Bertz CT molecular complexity index is 190. The monoisotopic (exact) mass is 196 g/mol. The van der Waals surface area contributed by atoms with Crippen LogP contribution in [-0.4, -0.2) is 27.4 Å². The normalized spacial score (nSPS) is 40.4. The van der Waals surface area contributed by atoms with E-state index in [0.29, 0.717) is 11.8 Å². The van der Waals surface area contributed by atoms with Crippen molar-refractivity contribution in [1.82, 2.24) is 0 Å². The van der Waals surface area contributed by atoms with Gasteiger partial charge >= 0.3 is 0 Å². The van der Waals surface area contributed by atoms with E-state index in [1.165, 1.54) is 12.8 Å². The van der Waals surface area contributed by atoms with Gasteiger partial charge in [0.2, 0.25) is 0 Å². The molecule has 3 aliphatic carbocycles. The predicted octanol–water partition coefficient (Wildman–Crippen LogP) is 2.11. The molecular weight excluding hydrogens is 176 g/mol. The maximum atomic E-state index is 5.32. The van der Waals surface area contributed by atoms with E-state index in [9.17, 15) is 0 Å². The minimum atomic E-state index is 0.684. The van der Waals surface area contributed by atoms with Gasteiger partial charge in [0, 0.05) is 27.4 Å². The number of allylic oxidation sites excluding steroid dienone is 2. The third kappa shape index (κ3) is 1.73. The molecule has 0 N–H and O–H groups in total. The van der Waals surface area contributed by atoms with Gasteiger partial charge in [-0.15, -0.1) is 0 Å². The smallest absolute Gasteiger partial charge is 0.0499 e. The van der Waals surface area contributed by atoms with Crippen molar-refractivity contribution >= 4 is 0 Å². The third-order valence-corrected chi connectivity index (χ3v) is 3.81. The van der Waals surface area contributed by atoms with Crippen molar-refractivity contribution in [3.63, 3.8) is 0 Å². The second kappa shape index (κ2) is 4.45. The van der Waals surface area contributed by atoms with Crippen molar-refractivity contribution < 1.29 is 9.47 Å². The van der Waals surface area contributed by atoms with Gasteiger partial charge in [0.05, 0.1) is 0 Å². The van der Waals surface area contributed by atoms with Crippen LogP contribution in [0, 0.1) is 23.7 Å². The summed E-state index contributed by atoms with van der Waals surface area (Å²) in [4.78, 5) is 0. The molecule has 0 aliphatic heterocycles. The van der Waals surface area contributed by atoms with Crippen molar-refractivity contribution in [2.24, 2.45) is 23.7 Å². The Morgan fingerprint density at radius 2 is 1.36 bits per heavy atom. The molecule has 0 saturated heterocycles. The molecule has 0 aromatic rings. The fourth-order valence-corrected chi connectivity index (χ4v) is 3.09. The fraction of sp³-hybridized carbons (Fsp3) is 0.833. The summed E-state index contributed by atoms with van der Waals surface area (Å²) in [6, 6.07) is 0. The zero-order chi connectivity index (χ0) is 9.97. The summed E-state index contributed by atoms with van der Waals surface area (Å²) in [5, 5.41) is 0. The number of hydrogen-bond acceptors (Lipinski definition) is 2. The minimum Gasteiger partial charge on any atom is -0.384 e. The molecule has 0 aromatic heterocycles. The van der Waals surface area contributed by atoms with Crippen molar-refractivity contribution in [2.75, 3.05) is 27.4 Å². The summed E-state index contributed by atoms with van der Waals surface area (Å²) in [5.74, 6) is 2.84. The molecule has 3 rings (SSSR count). The summed E-state index contributed by atoms with van der Waals surface area (Å²) >= 11 is 0. The standard InChI is InChI=1S/C12H20O2/c1-13-7-11-9-3-5-10(6-4-9)12(11)8-14-2/h3,5,9-12H,4,6-8H2,1-2H3. The van der Waals surface area contributed by atoms with Gasteiger partial charge in [-0.05, 0) is 36.5 Å². The lowest BCUT2D eigenvalue weighted by molar-refractivity contribution is -0.000840. The third-order valence-electron chi connectivity index (χ3n) is 3.81. The lowest BCUT2D eigenvalue weighted by Gasteiger charge is -2.44. The highest BCUT2D eigenvalue weighted by Gasteiger charge is 2.40. The Balaban J connectivity index is 2.07. The van der Waals surface area contributed by atoms with E-state index >= 15 is 0 Å². The number of fused-ring (bicyclic) bond motifs is 2. The average Bonchev–Trinajstić information content (AvgIpc) is 2.23. The van der Waals surface area contributed by atoms with Gasteiger partial charge < -0.3 is 9.47 Å². The molecule has 0 amide bonds. The minimum absolute atomic E-state index is 0.684. The van der Waals surface area contributed by atoms with Crippen LogP contribution in [0.2, 0.25) is 0 Å². The molecule has 80 valence electrons. The van der Waals surface area contributed by atoms with Gasteiger partial charge in [0.25, 0.3) is 0 Å².